The number of Topliss-reactive ketones (excluding diaryl/α,β-unsaturated/α-hetero) is 1. The molecule has 2 unspecified atom stereocenters. The minimum absolute atomic E-state index is 0.0687. The molecule has 0 heterocycles. The van der Waals surface area contributed by atoms with Gasteiger partial charge < -0.3 is 15.3 Å². The van der Waals surface area contributed by atoms with E-state index in [2.05, 4.69) is 13.8 Å². The van der Waals surface area contributed by atoms with Gasteiger partial charge in [-0.05, 0) is 79.6 Å². The zero-order valence-electron chi connectivity index (χ0n) is 17.3. The Kier molecular flexibility index (Phi) is 5.02. The second kappa shape index (κ2) is 7.02. The number of aliphatic carboxylic acids is 1. The smallest absolute Gasteiger partial charge is 0.335 e. The van der Waals surface area contributed by atoms with Crippen LogP contribution in [0.5, 0.6) is 0 Å². The van der Waals surface area contributed by atoms with Crippen molar-refractivity contribution in [2.24, 2.45) is 34.5 Å². The number of rotatable bonds is 4. The average Bonchev–Trinajstić information content (AvgIpc) is 3.03. The Morgan fingerprint density at radius 2 is 1.72 bits per heavy atom. The number of carbonyl (C=O) groups excluding carboxylic acids is 2. The summed E-state index contributed by atoms with van der Waals surface area (Å²) in [5.41, 5.74) is 1.11. The highest BCUT2D eigenvalue weighted by Gasteiger charge is 2.60. The summed E-state index contributed by atoms with van der Waals surface area (Å²) in [6.45, 7) is 4.44. The van der Waals surface area contributed by atoms with Gasteiger partial charge in [0.2, 0.25) is 0 Å². The zero-order valence-corrected chi connectivity index (χ0v) is 17.3. The second-order valence-corrected chi connectivity index (χ2v) is 10.3. The van der Waals surface area contributed by atoms with E-state index in [0.29, 0.717) is 30.6 Å². The average molecular weight is 405 g/mol. The first-order valence-electron chi connectivity index (χ1n) is 11.0. The van der Waals surface area contributed by atoms with E-state index >= 15 is 0 Å². The van der Waals surface area contributed by atoms with Crippen LogP contribution in [0.4, 0.5) is 0 Å². The Labute approximate surface area is 171 Å². The molecule has 0 aromatic carbocycles. The molecule has 0 radical (unpaired) electrons. The molecule has 0 aromatic rings. The maximum absolute atomic E-state index is 12.9. The lowest BCUT2D eigenvalue weighted by atomic mass is 9.46. The van der Waals surface area contributed by atoms with E-state index in [1.54, 1.807) is 0 Å². The van der Waals surface area contributed by atoms with E-state index in [-0.39, 0.29) is 16.6 Å². The molecule has 0 amide bonds. The summed E-state index contributed by atoms with van der Waals surface area (Å²) in [7, 11) is 0. The summed E-state index contributed by atoms with van der Waals surface area (Å²) in [5.74, 6) is -0.889. The summed E-state index contributed by atoms with van der Waals surface area (Å²) in [6, 6.07) is 0. The van der Waals surface area contributed by atoms with Gasteiger partial charge in [-0.3, -0.25) is 9.59 Å². The summed E-state index contributed by atoms with van der Waals surface area (Å²) >= 11 is 0. The molecule has 3 fully saturated rings. The first kappa shape index (κ1) is 20.7. The first-order valence-corrected chi connectivity index (χ1v) is 11.0. The fraction of sp³-hybridized carbons (Fsp3) is 0.783. The minimum atomic E-state index is -2.07. The van der Waals surface area contributed by atoms with Gasteiger partial charge in [-0.2, -0.15) is 0 Å². The fourth-order valence-electron chi connectivity index (χ4n) is 7.52. The third-order valence-electron chi connectivity index (χ3n) is 9.15. The van der Waals surface area contributed by atoms with Crippen LogP contribution in [-0.4, -0.2) is 45.1 Å². The van der Waals surface area contributed by atoms with Gasteiger partial charge in [0, 0.05) is 12.3 Å². The Hall–Kier alpha value is -1.53. The van der Waals surface area contributed by atoms with Crippen LogP contribution in [0.15, 0.2) is 11.6 Å². The highest BCUT2D eigenvalue weighted by molar-refractivity contribution is 5.92. The van der Waals surface area contributed by atoms with E-state index in [1.165, 1.54) is 5.57 Å². The van der Waals surface area contributed by atoms with Gasteiger partial charge in [0.25, 0.3) is 0 Å². The van der Waals surface area contributed by atoms with E-state index < -0.39 is 29.9 Å². The number of allylic oxidation sites excluding steroid dienone is 1. The molecule has 3 saturated carbocycles. The normalized spacial score (nSPS) is 43.4. The highest BCUT2D eigenvalue weighted by atomic mass is 16.4. The lowest BCUT2D eigenvalue weighted by molar-refractivity contribution is -0.161. The van der Waals surface area contributed by atoms with Gasteiger partial charge in [0.1, 0.15) is 6.10 Å². The number of aliphatic hydroxyl groups excluding tert-OH is 2. The Bertz CT molecular complexity index is 771. The Balaban J connectivity index is 1.58. The summed E-state index contributed by atoms with van der Waals surface area (Å²) in [6.07, 6.45) is 4.84. The van der Waals surface area contributed by atoms with E-state index in [9.17, 15) is 24.6 Å². The predicted molar refractivity (Wildman–Crippen MR) is 105 cm³/mol. The van der Waals surface area contributed by atoms with Crippen molar-refractivity contribution in [2.75, 3.05) is 0 Å². The first-order chi connectivity index (χ1) is 13.6. The molecular weight excluding hydrogens is 372 g/mol. The van der Waals surface area contributed by atoms with Gasteiger partial charge in [-0.1, -0.05) is 19.4 Å². The largest absolute Gasteiger partial charge is 0.479 e. The lowest BCUT2D eigenvalue weighted by Crippen LogP contribution is -2.52. The Morgan fingerprint density at radius 1 is 1.00 bits per heavy atom. The number of aliphatic hydroxyl groups is 2. The van der Waals surface area contributed by atoms with E-state index in [0.717, 1.165) is 38.5 Å². The zero-order chi connectivity index (χ0) is 21.1. The fourth-order valence-corrected chi connectivity index (χ4v) is 7.52. The van der Waals surface area contributed by atoms with Crippen molar-refractivity contribution in [1.82, 2.24) is 0 Å². The topological polar surface area (TPSA) is 112 Å². The third kappa shape index (κ3) is 3.02. The van der Waals surface area contributed by atoms with Crippen molar-refractivity contribution >= 4 is 17.5 Å². The van der Waals surface area contributed by atoms with Gasteiger partial charge in [-0.15, -0.1) is 0 Å². The molecule has 29 heavy (non-hydrogen) atoms. The SMILES string of the molecule is C[C@]12CC[C@H]3[C@@H](CCC4=CC(=O)CC[C@@]43C)[C@@H]1CC[C@@H]2C(=O)C(O)C(O)C(=O)O. The summed E-state index contributed by atoms with van der Waals surface area (Å²) < 4.78 is 0. The lowest BCUT2D eigenvalue weighted by Gasteiger charge is -2.58. The van der Waals surface area contributed by atoms with Crippen LogP contribution in [-0.2, 0) is 14.4 Å². The van der Waals surface area contributed by atoms with Crippen molar-refractivity contribution < 1.29 is 29.7 Å². The van der Waals surface area contributed by atoms with Crippen molar-refractivity contribution in [3.63, 3.8) is 0 Å². The third-order valence-corrected chi connectivity index (χ3v) is 9.15. The van der Waals surface area contributed by atoms with Crippen LogP contribution in [0.1, 0.15) is 65.2 Å². The van der Waals surface area contributed by atoms with Crippen LogP contribution in [0.3, 0.4) is 0 Å². The number of ketones is 2. The maximum atomic E-state index is 12.9. The molecule has 4 rings (SSSR count). The van der Waals surface area contributed by atoms with E-state index in [1.807, 2.05) is 6.08 Å². The quantitative estimate of drug-likeness (QED) is 0.664. The van der Waals surface area contributed by atoms with Crippen LogP contribution < -0.4 is 0 Å². The van der Waals surface area contributed by atoms with Crippen LogP contribution >= 0.6 is 0 Å². The van der Waals surface area contributed by atoms with Gasteiger partial charge in [0.15, 0.2) is 17.7 Å². The number of hydrogen-bond acceptors (Lipinski definition) is 5. The van der Waals surface area contributed by atoms with Gasteiger partial charge in [-0.25, -0.2) is 4.79 Å². The standard InChI is InChI=1S/C23H32O6/c1-22-9-7-13(24)11-12(22)3-4-14-15-5-6-17(23(15,2)10-8-16(14)22)18(25)19(26)20(27)21(28)29/h11,14-17,19-20,26-27H,3-10H2,1-2H3,(H,28,29)/t14-,15-,16-,17+,19?,20?,22-,23-/m0/s1. The molecule has 3 N–H and O–H groups in total. The van der Waals surface area contributed by atoms with Crippen molar-refractivity contribution in [3.05, 3.63) is 11.6 Å². The van der Waals surface area contributed by atoms with Crippen LogP contribution in [0.2, 0.25) is 0 Å². The molecule has 0 bridgehead atoms. The number of fused-ring (bicyclic) bond motifs is 5. The number of carbonyl (C=O) groups is 3. The molecule has 0 spiro atoms. The molecule has 6 nitrogen and oxygen atoms in total. The molecule has 8 atom stereocenters. The molecule has 4 aliphatic rings. The molecule has 0 saturated heterocycles. The molecule has 4 aliphatic carbocycles. The highest BCUT2D eigenvalue weighted by Crippen LogP contribution is 2.66. The van der Waals surface area contributed by atoms with Gasteiger partial charge in [0.05, 0.1) is 0 Å². The van der Waals surface area contributed by atoms with Crippen molar-refractivity contribution in [3.8, 4) is 0 Å². The molecule has 0 aromatic heterocycles. The summed E-state index contributed by atoms with van der Waals surface area (Å²) in [5, 5.41) is 28.8. The number of hydrogen-bond donors (Lipinski definition) is 3. The predicted octanol–water partition coefficient (Wildman–Crippen LogP) is 2.51. The van der Waals surface area contributed by atoms with Crippen LogP contribution in [0.25, 0.3) is 0 Å². The minimum Gasteiger partial charge on any atom is -0.479 e. The maximum Gasteiger partial charge on any atom is 0.335 e. The molecule has 160 valence electrons. The number of carboxylic acid groups (broad SMARTS) is 1. The monoisotopic (exact) mass is 404 g/mol. The van der Waals surface area contributed by atoms with Crippen molar-refractivity contribution in [2.45, 2.75) is 77.4 Å². The molecule has 6 heteroatoms. The Morgan fingerprint density at radius 3 is 2.41 bits per heavy atom. The van der Waals surface area contributed by atoms with Crippen molar-refractivity contribution in [1.29, 1.82) is 0 Å². The second-order valence-electron chi connectivity index (χ2n) is 10.3. The van der Waals surface area contributed by atoms with Gasteiger partial charge >= 0.3 is 5.97 Å². The number of carboxylic acids is 1. The molecule has 0 aliphatic heterocycles. The molecular formula is C23H32O6. The summed E-state index contributed by atoms with van der Waals surface area (Å²) in [4.78, 5) is 35.9. The van der Waals surface area contributed by atoms with Crippen LogP contribution in [0, 0.1) is 34.5 Å². The van der Waals surface area contributed by atoms with E-state index in [4.69, 9.17) is 5.11 Å².